The van der Waals surface area contributed by atoms with E-state index in [0.29, 0.717) is 11.8 Å². The van der Waals surface area contributed by atoms with Crippen LogP contribution in [0.5, 0.6) is 5.75 Å². The fourth-order valence-corrected chi connectivity index (χ4v) is 3.98. The highest BCUT2D eigenvalue weighted by Gasteiger charge is 2.50. The van der Waals surface area contributed by atoms with Gasteiger partial charge in [0, 0.05) is 34.7 Å². The van der Waals surface area contributed by atoms with Crippen molar-refractivity contribution < 1.29 is 41.9 Å². The number of nitro groups is 1. The first-order chi connectivity index (χ1) is 16.0. The Bertz CT molecular complexity index is 1020. The predicted molar refractivity (Wildman–Crippen MR) is 118 cm³/mol. The van der Waals surface area contributed by atoms with E-state index in [2.05, 4.69) is 25.7 Å². The minimum atomic E-state index is -5.08. The van der Waals surface area contributed by atoms with Gasteiger partial charge in [-0.1, -0.05) is 15.9 Å². The molecular weight excluding hydrogens is 529 g/mol. The number of hydrogen-bond donors (Lipinski definition) is 0. The highest BCUT2D eigenvalue weighted by Crippen LogP contribution is 2.47. The number of non-ortho nitro benzene ring substituents is 1. The van der Waals surface area contributed by atoms with Gasteiger partial charge < -0.3 is 14.2 Å². The Hall–Kier alpha value is -2.96. The summed E-state index contributed by atoms with van der Waals surface area (Å²) in [5, 5.41) is 12.1. The summed E-state index contributed by atoms with van der Waals surface area (Å²) >= 11 is 3.27. The SMILES string of the molecule is COC(=O)C1=C(C(F)(F)F)N=C(C)C(C(=O)OC)C1c1cc([N+](=O)[O-])ccc1OCCCCBr. The number of alkyl halides is 4. The molecule has 1 aromatic carbocycles. The summed E-state index contributed by atoms with van der Waals surface area (Å²) in [5.74, 6) is -5.54. The molecule has 2 unspecified atom stereocenters. The van der Waals surface area contributed by atoms with E-state index in [9.17, 15) is 32.9 Å². The lowest BCUT2D eigenvalue weighted by molar-refractivity contribution is -0.385. The van der Waals surface area contributed by atoms with Crippen LogP contribution in [0.2, 0.25) is 0 Å². The van der Waals surface area contributed by atoms with Gasteiger partial charge in [-0.25, -0.2) is 4.79 Å². The summed E-state index contributed by atoms with van der Waals surface area (Å²) < 4.78 is 56.9. The number of nitrogens with zero attached hydrogens (tertiary/aromatic N) is 2. The van der Waals surface area contributed by atoms with E-state index < -0.39 is 51.8 Å². The Morgan fingerprint density at radius 1 is 1.21 bits per heavy atom. The van der Waals surface area contributed by atoms with E-state index in [4.69, 9.17) is 9.47 Å². The Balaban J connectivity index is 2.86. The van der Waals surface area contributed by atoms with Crippen LogP contribution in [-0.4, -0.2) is 54.9 Å². The Labute approximate surface area is 201 Å². The second-order valence-electron chi connectivity index (χ2n) is 7.21. The van der Waals surface area contributed by atoms with Crippen molar-refractivity contribution in [1.82, 2.24) is 0 Å². The number of methoxy groups -OCH3 is 2. The third-order valence-corrected chi connectivity index (χ3v) is 5.65. The number of allylic oxidation sites excluding steroid dienone is 1. The van der Waals surface area contributed by atoms with Crippen molar-refractivity contribution >= 4 is 39.3 Å². The van der Waals surface area contributed by atoms with Gasteiger partial charge in [0.05, 0.1) is 31.3 Å². The Morgan fingerprint density at radius 2 is 1.88 bits per heavy atom. The van der Waals surface area contributed by atoms with Crippen LogP contribution in [-0.2, 0) is 19.1 Å². The van der Waals surface area contributed by atoms with Crippen molar-refractivity contribution in [1.29, 1.82) is 0 Å². The number of ether oxygens (including phenoxy) is 3. The summed E-state index contributed by atoms with van der Waals surface area (Å²) in [4.78, 5) is 39.5. The molecule has 1 aromatic rings. The largest absolute Gasteiger partial charge is 0.493 e. The minimum Gasteiger partial charge on any atom is -0.493 e. The van der Waals surface area contributed by atoms with Crippen LogP contribution in [0.3, 0.4) is 0 Å². The van der Waals surface area contributed by atoms with Crippen molar-refractivity contribution in [2.75, 3.05) is 26.2 Å². The van der Waals surface area contributed by atoms with Crippen molar-refractivity contribution in [3.8, 4) is 5.75 Å². The van der Waals surface area contributed by atoms with Gasteiger partial charge in [-0.05, 0) is 25.8 Å². The first-order valence-electron chi connectivity index (χ1n) is 9.97. The predicted octanol–water partition coefficient (Wildman–Crippen LogP) is 4.49. The smallest absolute Gasteiger partial charge is 0.433 e. The molecule has 13 heteroatoms. The molecule has 0 bridgehead atoms. The van der Waals surface area contributed by atoms with E-state index in [1.807, 2.05) is 0 Å². The number of nitro benzene ring substituents is 1. The number of benzene rings is 1. The summed E-state index contributed by atoms with van der Waals surface area (Å²) in [7, 11) is 1.91. The molecule has 0 fully saturated rings. The monoisotopic (exact) mass is 550 g/mol. The zero-order valence-electron chi connectivity index (χ0n) is 18.5. The minimum absolute atomic E-state index is 0.0169. The zero-order valence-corrected chi connectivity index (χ0v) is 20.1. The lowest BCUT2D eigenvalue weighted by atomic mass is 9.75. The van der Waals surface area contributed by atoms with E-state index in [1.165, 1.54) is 13.0 Å². The first-order valence-corrected chi connectivity index (χ1v) is 11.1. The average molecular weight is 551 g/mol. The number of rotatable bonds is 9. The molecule has 0 spiro atoms. The first kappa shape index (κ1) is 27.3. The van der Waals surface area contributed by atoms with Gasteiger partial charge in [-0.3, -0.25) is 19.9 Å². The molecule has 0 radical (unpaired) electrons. The van der Waals surface area contributed by atoms with E-state index in [0.717, 1.165) is 32.8 Å². The van der Waals surface area contributed by atoms with E-state index in [1.54, 1.807) is 0 Å². The summed E-state index contributed by atoms with van der Waals surface area (Å²) in [5.41, 5.74) is -3.45. The quantitative estimate of drug-likeness (QED) is 0.146. The van der Waals surface area contributed by atoms with Gasteiger partial charge in [0.15, 0.2) is 5.70 Å². The molecule has 1 aliphatic rings. The number of esters is 2. The highest BCUT2D eigenvalue weighted by atomic mass is 79.9. The van der Waals surface area contributed by atoms with Crippen LogP contribution in [0.25, 0.3) is 0 Å². The fraction of sp³-hybridized carbons (Fsp3) is 0.476. The number of hydrogen-bond acceptors (Lipinski definition) is 8. The van der Waals surface area contributed by atoms with Gasteiger partial charge in [0.1, 0.15) is 11.7 Å². The summed E-state index contributed by atoms with van der Waals surface area (Å²) in [6.45, 7) is 1.32. The second-order valence-corrected chi connectivity index (χ2v) is 8.00. The molecule has 2 rings (SSSR count). The van der Waals surface area contributed by atoms with Crippen molar-refractivity contribution in [2.45, 2.75) is 31.9 Å². The maximum Gasteiger partial charge on any atom is 0.433 e. The lowest BCUT2D eigenvalue weighted by Crippen LogP contribution is -2.38. The van der Waals surface area contributed by atoms with Crippen LogP contribution in [0.1, 0.15) is 31.2 Å². The number of halogens is 4. The van der Waals surface area contributed by atoms with Crippen LogP contribution in [0.15, 0.2) is 34.5 Å². The van der Waals surface area contributed by atoms with Gasteiger partial charge in [0.2, 0.25) is 0 Å². The van der Waals surface area contributed by atoms with Gasteiger partial charge >= 0.3 is 18.1 Å². The third-order valence-electron chi connectivity index (χ3n) is 5.09. The van der Waals surface area contributed by atoms with Crippen molar-refractivity contribution in [2.24, 2.45) is 10.9 Å². The number of aliphatic imine (C=N–C) groups is 1. The molecule has 1 heterocycles. The lowest BCUT2D eigenvalue weighted by Gasteiger charge is -2.32. The molecule has 0 aliphatic carbocycles. The molecule has 1 aliphatic heterocycles. The highest BCUT2D eigenvalue weighted by molar-refractivity contribution is 9.09. The maximum atomic E-state index is 13.9. The Morgan fingerprint density at radius 3 is 2.41 bits per heavy atom. The van der Waals surface area contributed by atoms with Crippen LogP contribution in [0.4, 0.5) is 18.9 Å². The number of unbranched alkanes of at least 4 members (excludes halogenated alkanes) is 1. The second kappa shape index (κ2) is 11.4. The average Bonchev–Trinajstić information content (AvgIpc) is 2.79. The molecule has 2 atom stereocenters. The molecule has 9 nitrogen and oxygen atoms in total. The van der Waals surface area contributed by atoms with Crippen LogP contribution < -0.4 is 4.74 Å². The third kappa shape index (κ3) is 5.93. The molecule has 0 N–H and O–H groups in total. The van der Waals surface area contributed by atoms with Crippen LogP contribution >= 0.6 is 15.9 Å². The van der Waals surface area contributed by atoms with Gasteiger partial charge in [-0.2, -0.15) is 13.2 Å². The van der Waals surface area contributed by atoms with Crippen molar-refractivity contribution in [3.63, 3.8) is 0 Å². The molecular formula is C21H22BrF3N2O7. The molecule has 186 valence electrons. The van der Waals surface area contributed by atoms with Crippen molar-refractivity contribution in [3.05, 3.63) is 45.1 Å². The Kier molecular flexibility index (Phi) is 9.19. The number of carbonyl (C=O) groups is 2. The molecule has 0 aromatic heterocycles. The van der Waals surface area contributed by atoms with Gasteiger partial charge in [-0.15, -0.1) is 0 Å². The summed E-state index contributed by atoms with van der Waals surface area (Å²) in [6.07, 6.45) is -3.78. The zero-order chi connectivity index (χ0) is 25.6. The van der Waals surface area contributed by atoms with Gasteiger partial charge in [0.25, 0.3) is 5.69 Å². The van der Waals surface area contributed by atoms with E-state index in [-0.39, 0.29) is 23.6 Å². The normalized spacial score (nSPS) is 18.3. The van der Waals surface area contributed by atoms with E-state index >= 15 is 0 Å². The van der Waals surface area contributed by atoms with Crippen LogP contribution in [0, 0.1) is 16.0 Å². The number of carbonyl (C=O) groups excluding carboxylic acids is 2. The fourth-order valence-electron chi connectivity index (χ4n) is 3.58. The topological polar surface area (TPSA) is 117 Å². The maximum absolute atomic E-state index is 13.9. The molecule has 0 saturated heterocycles. The standard InChI is InChI=1S/C21H22BrF3N2O7/c1-11-15(19(28)32-2)16(17(20(29)33-3)18(26-11)21(23,24)25)13-10-12(27(30)31)6-7-14(13)34-9-5-4-8-22/h6-7,10,15-16H,4-5,8-9H2,1-3H3. The summed E-state index contributed by atoms with van der Waals surface area (Å²) in [6, 6.07) is 3.32. The molecule has 34 heavy (non-hydrogen) atoms. The molecule has 0 amide bonds. The molecule has 0 saturated carbocycles.